The summed E-state index contributed by atoms with van der Waals surface area (Å²) in [6.07, 6.45) is 5.63. The summed E-state index contributed by atoms with van der Waals surface area (Å²) in [6, 6.07) is 4.35. The van der Waals surface area contributed by atoms with Crippen molar-refractivity contribution in [3.63, 3.8) is 0 Å². The molecular weight excluding hydrogens is 232 g/mol. The summed E-state index contributed by atoms with van der Waals surface area (Å²) in [4.78, 5) is 0. The fraction of sp³-hybridized carbons (Fsp3) is 0.600. The fourth-order valence-corrected chi connectivity index (χ4v) is 2.04. The second-order valence-corrected chi connectivity index (χ2v) is 4.68. The van der Waals surface area contributed by atoms with Crippen LogP contribution in [0.15, 0.2) is 18.2 Å². The van der Waals surface area contributed by atoms with Crippen molar-refractivity contribution in [3.05, 3.63) is 35.4 Å². The van der Waals surface area contributed by atoms with E-state index in [0.717, 1.165) is 12.8 Å². The van der Waals surface area contributed by atoms with E-state index in [9.17, 15) is 8.78 Å². The molecular formula is C15H23F2N. The SMILES string of the molecule is CCCCCC(CC)NCc1c(F)cccc1F. The molecule has 0 amide bonds. The lowest BCUT2D eigenvalue weighted by atomic mass is 10.1. The number of hydrogen-bond donors (Lipinski definition) is 1. The Hall–Kier alpha value is -0.960. The summed E-state index contributed by atoms with van der Waals surface area (Å²) in [7, 11) is 0. The molecule has 1 unspecified atom stereocenters. The van der Waals surface area contributed by atoms with Crippen LogP contribution in [-0.4, -0.2) is 6.04 Å². The van der Waals surface area contributed by atoms with Gasteiger partial charge in [-0.25, -0.2) is 8.78 Å². The number of unbranched alkanes of at least 4 members (excludes halogenated alkanes) is 2. The van der Waals surface area contributed by atoms with E-state index in [1.165, 1.54) is 37.5 Å². The Balaban J connectivity index is 2.47. The highest BCUT2D eigenvalue weighted by molar-refractivity contribution is 5.19. The lowest BCUT2D eigenvalue weighted by molar-refractivity contribution is 0.433. The van der Waals surface area contributed by atoms with Crippen molar-refractivity contribution in [2.75, 3.05) is 0 Å². The first-order chi connectivity index (χ1) is 8.69. The number of rotatable bonds is 8. The van der Waals surface area contributed by atoms with Crippen molar-refractivity contribution in [2.24, 2.45) is 0 Å². The van der Waals surface area contributed by atoms with Crippen LogP contribution in [0.3, 0.4) is 0 Å². The molecule has 0 saturated carbocycles. The molecule has 3 heteroatoms. The zero-order chi connectivity index (χ0) is 13.4. The standard InChI is InChI=1S/C15H23F2N/c1-3-5-6-8-12(4-2)18-11-13-14(16)9-7-10-15(13)17/h7,9-10,12,18H,3-6,8,11H2,1-2H3. The van der Waals surface area contributed by atoms with Crippen molar-refractivity contribution in [1.82, 2.24) is 5.32 Å². The van der Waals surface area contributed by atoms with Gasteiger partial charge in [0.1, 0.15) is 11.6 Å². The Morgan fingerprint density at radius 3 is 2.33 bits per heavy atom. The monoisotopic (exact) mass is 255 g/mol. The smallest absolute Gasteiger partial charge is 0.130 e. The summed E-state index contributed by atoms with van der Waals surface area (Å²) in [5.41, 5.74) is 0.145. The second kappa shape index (κ2) is 8.20. The lowest BCUT2D eigenvalue weighted by Gasteiger charge is -2.17. The summed E-state index contributed by atoms with van der Waals surface area (Å²) in [6.45, 7) is 4.54. The molecule has 1 nitrogen and oxygen atoms in total. The van der Waals surface area contributed by atoms with E-state index < -0.39 is 11.6 Å². The molecule has 1 aromatic rings. The zero-order valence-electron chi connectivity index (χ0n) is 11.3. The Bertz CT molecular complexity index is 332. The van der Waals surface area contributed by atoms with Gasteiger partial charge in [-0.1, -0.05) is 39.2 Å². The van der Waals surface area contributed by atoms with Gasteiger partial charge in [0.25, 0.3) is 0 Å². The molecule has 1 N–H and O–H groups in total. The van der Waals surface area contributed by atoms with Crippen molar-refractivity contribution in [3.8, 4) is 0 Å². The molecule has 1 aromatic carbocycles. The largest absolute Gasteiger partial charge is 0.310 e. The summed E-state index contributed by atoms with van der Waals surface area (Å²) < 4.78 is 26.9. The molecule has 0 saturated heterocycles. The minimum absolute atomic E-state index is 0.145. The van der Waals surface area contributed by atoms with Gasteiger partial charge in [-0.15, -0.1) is 0 Å². The minimum Gasteiger partial charge on any atom is -0.310 e. The maximum absolute atomic E-state index is 13.4. The lowest BCUT2D eigenvalue weighted by Crippen LogP contribution is -2.28. The Labute approximate surface area is 109 Å². The predicted molar refractivity (Wildman–Crippen MR) is 71.4 cm³/mol. The molecule has 0 heterocycles. The predicted octanol–water partition coefficient (Wildman–Crippen LogP) is 4.41. The van der Waals surface area contributed by atoms with Crippen LogP contribution in [0.4, 0.5) is 8.78 Å². The van der Waals surface area contributed by atoms with Gasteiger partial charge in [0.2, 0.25) is 0 Å². The molecule has 0 aromatic heterocycles. The first-order valence-corrected chi connectivity index (χ1v) is 6.85. The van der Waals surface area contributed by atoms with E-state index in [0.29, 0.717) is 6.04 Å². The van der Waals surface area contributed by atoms with Gasteiger partial charge in [0, 0.05) is 18.2 Å². The third-order valence-electron chi connectivity index (χ3n) is 3.28. The minimum atomic E-state index is -0.467. The quantitative estimate of drug-likeness (QED) is 0.678. The van der Waals surface area contributed by atoms with Crippen molar-refractivity contribution < 1.29 is 8.78 Å². The molecule has 102 valence electrons. The second-order valence-electron chi connectivity index (χ2n) is 4.68. The number of halogens is 2. The highest BCUT2D eigenvalue weighted by atomic mass is 19.1. The van der Waals surface area contributed by atoms with Gasteiger partial charge < -0.3 is 5.32 Å². The topological polar surface area (TPSA) is 12.0 Å². The molecule has 0 fully saturated rings. The van der Waals surface area contributed by atoms with E-state index in [1.807, 2.05) is 0 Å². The summed E-state index contributed by atoms with van der Waals surface area (Å²) >= 11 is 0. The van der Waals surface area contributed by atoms with E-state index in [4.69, 9.17) is 0 Å². The average Bonchev–Trinajstić information content (AvgIpc) is 2.36. The van der Waals surface area contributed by atoms with Gasteiger partial charge in [0.15, 0.2) is 0 Å². The highest BCUT2D eigenvalue weighted by Gasteiger charge is 2.10. The fourth-order valence-electron chi connectivity index (χ4n) is 2.04. The molecule has 0 aliphatic heterocycles. The van der Waals surface area contributed by atoms with Gasteiger partial charge in [-0.05, 0) is 25.0 Å². The third kappa shape index (κ3) is 4.73. The van der Waals surface area contributed by atoms with Crippen LogP contribution in [0.2, 0.25) is 0 Å². The van der Waals surface area contributed by atoms with Crippen LogP contribution in [-0.2, 0) is 6.54 Å². The highest BCUT2D eigenvalue weighted by Crippen LogP contribution is 2.13. The molecule has 0 aliphatic carbocycles. The molecule has 0 spiro atoms. The third-order valence-corrected chi connectivity index (χ3v) is 3.28. The van der Waals surface area contributed by atoms with Gasteiger partial charge >= 0.3 is 0 Å². The number of benzene rings is 1. The number of hydrogen-bond acceptors (Lipinski definition) is 1. The molecule has 1 atom stereocenters. The Morgan fingerprint density at radius 2 is 1.78 bits per heavy atom. The zero-order valence-corrected chi connectivity index (χ0v) is 11.3. The van der Waals surface area contributed by atoms with Crippen molar-refractivity contribution in [1.29, 1.82) is 0 Å². The molecule has 0 aliphatic rings. The van der Waals surface area contributed by atoms with Crippen molar-refractivity contribution >= 4 is 0 Å². The molecule has 1 rings (SSSR count). The maximum atomic E-state index is 13.4. The van der Waals surface area contributed by atoms with E-state index in [1.54, 1.807) is 0 Å². The van der Waals surface area contributed by atoms with E-state index in [-0.39, 0.29) is 12.1 Å². The van der Waals surface area contributed by atoms with E-state index >= 15 is 0 Å². The summed E-state index contributed by atoms with van der Waals surface area (Å²) in [5.74, 6) is -0.933. The first kappa shape index (κ1) is 15.1. The average molecular weight is 255 g/mol. The van der Waals surface area contributed by atoms with Gasteiger partial charge in [0.05, 0.1) is 0 Å². The van der Waals surface area contributed by atoms with Crippen molar-refractivity contribution in [2.45, 2.75) is 58.5 Å². The van der Waals surface area contributed by atoms with Crippen LogP contribution in [0.5, 0.6) is 0 Å². The maximum Gasteiger partial charge on any atom is 0.130 e. The van der Waals surface area contributed by atoms with Crippen LogP contribution in [0.25, 0.3) is 0 Å². The summed E-state index contributed by atoms with van der Waals surface area (Å²) in [5, 5.41) is 3.25. The first-order valence-electron chi connectivity index (χ1n) is 6.85. The Morgan fingerprint density at radius 1 is 1.11 bits per heavy atom. The normalized spacial score (nSPS) is 12.7. The van der Waals surface area contributed by atoms with Gasteiger partial charge in [-0.3, -0.25) is 0 Å². The van der Waals surface area contributed by atoms with Crippen LogP contribution < -0.4 is 5.32 Å². The van der Waals surface area contributed by atoms with Gasteiger partial charge in [-0.2, -0.15) is 0 Å². The molecule has 0 radical (unpaired) electrons. The van der Waals surface area contributed by atoms with Crippen LogP contribution in [0.1, 0.15) is 51.5 Å². The van der Waals surface area contributed by atoms with E-state index in [2.05, 4.69) is 19.2 Å². The molecule has 0 bridgehead atoms. The number of nitrogens with one attached hydrogen (secondary N) is 1. The van der Waals surface area contributed by atoms with Crippen LogP contribution >= 0.6 is 0 Å². The van der Waals surface area contributed by atoms with Crippen LogP contribution in [0, 0.1) is 11.6 Å². The molecule has 18 heavy (non-hydrogen) atoms. The Kier molecular flexibility index (Phi) is 6.88.